The molecule has 0 heteroatoms. The summed E-state index contributed by atoms with van der Waals surface area (Å²) >= 11 is 0. The highest BCUT2D eigenvalue weighted by Gasteiger charge is 1.99. The van der Waals surface area contributed by atoms with Crippen molar-refractivity contribution in [3.05, 3.63) is 42.3 Å². The topological polar surface area (TPSA) is 0 Å². The Hall–Kier alpha value is -0.780. The van der Waals surface area contributed by atoms with Crippen LogP contribution in [0, 0.1) is 6.92 Å². The van der Waals surface area contributed by atoms with Crippen LogP contribution in [0.5, 0.6) is 0 Å². The second kappa shape index (κ2) is 8.33. The van der Waals surface area contributed by atoms with Gasteiger partial charge in [-0.05, 0) is 29.9 Å². The molecule has 0 aliphatic heterocycles. The smallest absolute Gasteiger partial charge is 0.0219 e. The lowest BCUT2D eigenvalue weighted by molar-refractivity contribution is 0.617. The van der Waals surface area contributed by atoms with Crippen molar-refractivity contribution >= 4 is 0 Å². The van der Waals surface area contributed by atoms with E-state index in [1.165, 1.54) is 49.7 Å². The third kappa shape index (κ3) is 5.91. The van der Waals surface area contributed by atoms with Gasteiger partial charge in [-0.25, -0.2) is 0 Å². The highest BCUT2D eigenvalue weighted by atomic mass is 14.0. The van der Waals surface area contributed by atoms with Crippen molar-refractivity contribution in [2.75, 3.05) is 0 Å². The van der Waals surface area contributed by atoms with Crippen LogP contribution >= 0.6 is 0 Å². The van der Waals surface area contributed by atoms with Crippen LogP contribution in [0.3, 0.4) is 0 Å². The SMILES string of the molecule is [CH2]CCCCCCCc1ccc(C(C)C)cc1. The van der Waals surface area contributed by atoms with Gasteiger partial charge in [-0.3, -0.25) is 0 Å². The van der Waals surface area contributed by atoms with E-state index in [2.05, 4.69) is 45.0 Å². The van der Waals surface area contributed by atoms with E-state index in [0.29, 0.717) is 5.92 Å². The van der Waals surface area contributed by atoms with Crippen molar-refractivity contribution in [3.8, 4) is 0 Å². The van der Waals surface area contributed by atoms with E-state index in [1.807, 2.05) is 0 Å². The average molecular weight is 231 g/mol. The summed E-state index contributed by atoms with van der Waals surface area (Å²) in [7, 11) is 0. The van der Waals surface area contributed by atoms with Gasteiger partial charge in [0.15, 0.2) is 0 Å². The minimum absolute atomic E-state index is 0.645. The normalized spacial score (nSPS) is 11.1. The Morgan fingerprint density at radius 2 is 1.47 bits per heavy atom. The van der Waals surface area contributed by atoms with Crippen molar-refractivity contribution in [2.45, 2.75) is 64.7 Å². The largest absolute Gasteiger partial charge is 0.0588 e. The number of aryl methyl sites for hydroxylation is 1. The van der Waals surface area contributed by atoms with E-state index in [-0.39, 0.29) is 0 Å². The molecular formula is C17H27. The zero-order chi connectivity index (χ0) is 12.5. The number of benzene rings is 1. The molecule has 0 aliphatic rings. The minimum Gasteiger partial charge on any atom is -0.0588 e. The van der Waals surface area contributed by atoms with Crippen LogP contribution in [-0.2, 0) is 6.42 Å². The van der Waals surface area contributed by atoms with Gasteiger partial charge in [0.05, 0.1) is 0 Å². The molecule has 0 fully saturated rings. The molecule has 0 N–H and O–H groups in total. The van der Waals surface area contributed by atoms with Gasteiger partial charge in [-0.2, -0.15) is 0 Å². The van der Waals surface area contributed by atoms with E-state index >= 15 is 0 Å². The fourth-order valence-electron chi connectivity index (χ4n) is 2.11. The van der Waals surface area contributed by atoms with E-state index in [4.69, 9.17) is 0 Å². The molecule has 1 aromatic rings. The first-order valence-corrected chi connectivity index (χ1v) is 7.12. The van der Waals surface area contributed by atoms with Crippen LogP contribution in [0.25, 0.3) is 0 Å². The maximum absolute atomic E-state index is 3.87. The molecule has 0 heterocycles. The van der Waals surface area contributed by atoms with Crippen LogP contribution in [0.4, 0.5) is 0 Å². The van der Waals surface area contributed by atoms with E-state index in [1.54, 1.807) is 0 Å². The maximum Gasteiger partial charge on any atom is -0.0219 e. The molecule has 1 rings (SSSR count). The Morgan fingerprint density at radius 1 is 0.882 bits per heavy atom. The lowest BCUT2D eigenvalue weighted by Crippen LogP contribution is -1.90. The molecule has 0 aromatic heterocycles. The molecular weight excluding hydrogens is 204 g/mol. The minimum atomic E-state index is 0.645. The Labute approximate surface area is 107 Å². The monoisotopic (exact) mass is 231 g/mol. The number of hydrogen-bond acceptors (Lipinski definition) is 0. The Kier molecular flexibility index (Phi) is 7.00. The summed E-state index contributed by atoms with van der Waals surface area (Å²) < 4.78 is 0. The first kappa shape index (κ1) is 14.3. The van der Waals surface area contributed by atoms with Crippen LogP contribution in [-0.4, -0.2) is 0 Å². The van der Waals surface area contributed by atoms with Gasteiger partial charge < -0.3 is 0 Å². The van der Waals surface area contributed by atoms with E-state index < -0.39 is 0 Å². The molecule has 0 spiro atoms. The quantitative estimate of drug-likeness (QED) is 0.516. The van der Waals surface area contributed by atoms with Gasteiger partial charge in [0, 0.05) is 0 Å². The van der Waals surface area contributed by atoms with Crippen molar-refractivity contribution in [3.63, 3.8) is 0 Å². The Morgan fingerprint density at radius 3 is 2.06 bits per heavy atom. The van der Waals surface area contributed by atoms with Crippen LogP contribution in [0.2, 0.25) is 0 Å². The van der Waals surface area contributed by atoms with E-state index in [0.717, 1.165) is 6.42 Å². The summed E-state index contributed by atoms with van der Waals surface area (Å²) in [6, 6.07) is 9.15. The summed E-state index contributed by atoms with van der Waals surface area (Å²) in [4.78, 5) is 0. The number of hydrogen-bond donors (Lipinski definition) is 0. The molecule has 0 unspecified atom stereocenters. The van der Waals surface area contributed by atoms with E-state index in [9.17, 15) is 0 Å². The molecule has 0 atom stereocenters. The second-order valence-electron chi connectivity index (χ2n) is 5.27. The highest BCUT2D eigenvalue weighted by molar-refractivity contribution is 5.24. The average Bonchev–Trinajstić information content (AvgIpc) is 2.34. The predicted octanol–water partition coefficient (Wildman–Crippen LogP) is 5.53. The first-order valence-electron chi connectivity index (χ1n) is 7.12. The molecule has 0 bridgehead atoms. The Bertz CT molecular complexity index is 281. The zero-order valence-corrected chi connectivity index (χ0v) is 11.5. The summed E-state index contributed by atoms with van der Waals surface area (Å²) in [5, 5.41) is 0. The molecule has 0 amide bonds. The summed E-state index contributed by atoms with van der Waals surface area (Å²) in [6.07, 6.45) is 9.06. The van der Waals surface area contributed by atoms with Gasteiger partial charge in [-0.1, -0.05) is 77.1 Å². The van der Waals surface area contributed by atoms with Gasteiger partial charge in [0.25, 0.3) is 0 Å². The van der Waals surface area contributed by atoms with Gasteiger partial charge in [0.2, 0.25) is 0 Å². The molecule has 0 saturated carbocycles. The van der Waals surface area contributed by atoms with Crippen LogP contribution < -0.4 is 0 Å². The molecule has 0 nitrogen and oxygen atoms in total. The molecule has 1 aromatic carbocycles. The molecule has 17 heavy (non-hydrogen) atoms. The van der Waals surface area contributed by atoms with Gasteiger partial charge in [0.1, 0.15) is 0 Å². The summed E-state index contributed by atoms with van der Waals surface area (Å²) in [5.74, 6) is 0.645. The van der Waals surface area contributed by atoms with Crippen LogP contribution in [0.15, 0.2) is 24.3 Å². The lowest BCUT2D eigenvalue weighted by Gasteiger charge is -2.07. The number of rotatable bonds is 8. The second-order valence-corrected chi connectivity index (χ2v) is 5.27. The summed E-state index contributed by atoms with van der Waals surface area (Å²) in [6.45, 7) is 8.37. The Balaban J connectivity index is 2.19. The van der Waals surface area contributed by atoms with Gasteiger partial charge in [-0.15, -0.1) is 0 Å². The fraction of sp³-hybridized carbons (Fsp3) is 0.588. The molecule has 0 aliphatic carbocycles. The van der Waals surface area contributed by atoms with Crippen molar-refractivity contribution in [1.29, 1.82) is 0 Å². The summed E-state index contributed by atoms with van der Waals surface area (Å²) in [5.41, 5.74) is 2.94. The van der Waals surface area contributed by atoms with Crippen molar-refractivity contribution < 1.29 is 0 Å². The fourth-order valence-corrected chi connectivity index (χ4v) is 2.11. The van der Waals surface area contributed by atoms with Gasteiger partial charge >= 0.3 is 0 Å². The van der Waals surface area contributed by atoms with Crippen molar-refractivity contribution in [1.82, 2.24) is 0 Å². The predicted molar refractivity (Wildman–Crippen MR) is 77.3 cm³/mol. The third-order valence-corrected chi connectivity index (χ3v) is 3.36. The lowest BCUT2D eigenvalue weighted by atomic mass is 9.99. The highest BCUT2D eigenvalue weighted by Crippen LogP contribution is 2.16. The standard InChI is InChI=1S/C17H27/c1-4-5-6-7-8-9-10-16-11-13-17(14-12-16)15(2)3/h11-15H,1,4-10H2,2-3H3. The third-order valence-electron chi connectivity index (χ3n) is 3.36. The van der Waals surface area contributed by atoms with Crippen molar-refractivity contribution in [2.24, 2.45) is 0 Å². The maximum atomic E-state index is 3.87. The molecule has 0 saturated heterocycles. The zero-order valence-electron chi connectivity index (χ0n) is 11.5. The molecule has 95 valence electrons. The number of unbranched alkanes of at least 4 members (excludes halogenated alkanes) is 5. The first-order chi connectivity index (χ1) is 8.24. The molecule has 1 radical (unpaired) electrons. The van der Waals surface area contributed by atoms with Crippen LogP contribution in [0.1, 0.15) is 69.4 Å².